The molecule has 3 nitrogen and oxygen atoms in total. The van der Waals surface area contributed by atoms with E-state index in [9.17, 15) is 0 Å². The van der Waals surface area contributed by atoms with Gasteiger partial charge in [0.2, 0.25) is 0 Å². The molecule has 0 saturated carbocycles. The third-order valence-corrected chi connectivity index (χ3v) is 2.22. The summed E-state index contributed by atoms with van der Waals surface area (Å²) in [6.07, 6.45) is 5.12. The normalized spacial score (nSPS) is 9.59. The molecule has 0 bridgehead atoms. The molecule has 0 aliphatic rings. The predicted molar refractivity (Wildman–Crippen MR) is 65.3 cm³/mol. The van der Waals surface area contributed by atoms with Crippen LogP contribution in [0.25, 0.3) is 0 Å². The second kappa shape index (κ2) is 4.75. The molecule has 0 unspecified atom stereocenters. The van der Waals surface area contributed by atoms with Gasteiger partial charge in [-0.05, 0) is 49.8 Å². The molecule has 2 aromatic heterocycles. The Morgan fingerprint density at radius 1 is 0.941 bits per heavy atom. The van der Waals surface area contributed by atoms with Gasteiger partial charge in [0.05, 0.1) is 11.9 Å². The van der Waals surface area contributed by atoms with E-state index in [1.54, 1.807) is 18.6 Å². The molecule has 0 saturated heterocycles. The molecule has 1 radical (unpaired) electrons. The van der Waals surface area contributed by atoms with Crippen LogP contribution in [0.1, 0.15) is 28.2 Å². The molecule has 0 aromatic carbocycles. The molecule has 2 rings (SSSR count). The number of nitrogens with zero attached hydrogens (tertiary/aromatic N) is 3. The molecule has 0 fully saturated rings. The van der Waals surface area contributed by atoms with E-state index in [4.69, 9.17) is 0 Å². The maximum Gasteiger partial charge on any atom is 0.131 e. The zero-order valence-electron chi connectivity index (χ0n) is 10.1. The largest absolute Gasteiger partial charge is 0.257 e. The molecular weight excluding hydrogens is 210 g/mol. The predicted octanol–water partition coefficient (Wildman–Crippen LogP) is 2.00. The molecule has 83 valence electrons. The first-order chi connectivity index (χ1) is 8.15. The summed E-state index contributed by atoms with van der Waals surface area (Å²) in [6, 6.07) is 3.18. The summed E-state index contributed by atoms with van der Waals surface area (Å²) in [5.74, 6) is 5.92. The molecule has 2 heterocycles. The molecule has 0 N–H and O–H groups in total. The van der Waals surface area contributed by atoms with Crippen LogP contribution in [0.4, 0.5) is 0 Å². The molecule has 0 atom stereocenters. The van der Waals surface area contributed by atoms with Crippen molar-refractivity contribution in [2.24, 2.45) is 0 Å². The highest BCUT2D eigenvalue weighted by atomic mass is 14.8. The highest BCUT2D eigenvalue weighted by Gasteiger charge is 1.96. The van der Waals surface area contributed by atoms with Crippen molar-refractivity contribution in [1.29, 1.82) is 0 Å². The van der Waals surface area contributed by atoms with Gasteiger partial charge in [0, 0.05) is 12.4 Å². The zero-order valence-corrected chi connectivity index (χ0v) is 10.1. The van der Waals surface area contributed by atoms with E-state index < -0.39 is 0 Å². The molecule has 0 amide bonds. The quantitative estimate of drug-likeness (QED) is 0.640. The molecular formula is C14H12N3. The van der Waals surface area contributed by atoms with E-state index in [0.717, 1.165) is 22.5 Å². The van der Waals surface area contributed by atoms with Crippen LogP contribution in [0, 0.1) is 38.7 Å². The van der Waals surface area contributed by atoms with Crippen LogP contribution in [0.2, 0.25) is 0 Å². The first-order valence-electron chi connectivity index (χ1n) is 5.31. The summed E-state index contributed by atoms with van der Waals surface area (Å²) < 4.78 is 0. The van der Waals surface area contributed by atoms with Crippen molar-refractivity contribution >= 4 is 0 Å². The second-order valence-corrected chi connectivity index (χ2v) is 3.83. The van der Waals surface area contributed by atoms with Gasteiger partial charge in [0.1, 0.15) is 11.4 Å². The average molecular weight is 222 g/mol. The van der Waals surface area contributed by atoms with Crippen molar-refractivity contribution in [3.05, 3.63) is 52.9 Å². The number of rotatable bonds is 0. The van der Waals surface area contributed by atoms with Crippen molar-refractivity contribution in [2.75, 3.05) is 0 Å². The van der Waals surface area contributed by atoms with Crippen molar-refractivity contribution < 1.29 is 0 Å². The van der Waals surface area contributed by atoms with Crippen molar-refractivity contribution in [3.63, 3.8) is 0 Å². The average Bonchev–Trinajstić information content (AvgIpc) is 2.30. The van der Waals surface area contributed by atoms with Gasteiger partial charge in [-0.1, -0.05) is 0 Å². The Labute approximate surface area is 101 Å². The molecule has 2 aromatic rings. The number of aryl methyl sites for hydroxylation is 3. The van der Waals surface area contributed by atoms with Crippen molar-refractivity contribution in [3.8, 4) is 11.8 Å². The van der Waals surface area contributed by atoms with Gasteiger partial charge in [-0.3, -0.25) is 4.98 Å². The maximum absolute atomic E-state index is 4.26. The van der Waals surface area contributed by atoms with E-state index in [1.165, 1.54) is 0 Å². The van der Waals surface area contributed by atoms with Crippen LogP contribution in [-0.4, -0.2) is 15.0 Å². The zero-order chi connectivity index (χ0) is 12.3. The van der Waals surface area contributed by atoms with Gasteiger partial charge in [0.15, 0.2) is 0 Å². The summed E-state index contributed by atoms with van der Waals surface area (Å²) in [5, 5.41) is 0. The fourth-order valence-electron chi connectivity index (χ4n) is 1.35. The van der Waals surface area contributed by atoms with Gasteiger partial charge < -0.3 is 0 Å². The van der Waals surface area contributed by atoms with E-state index in [1.807, 2.05) is 20.8 Å². The van der Waals surface area contributed by atoms with Gasteiger partial charge in [-0.15, -0.1) is 0 Å². The fourth-order valence-corrected chi connectivity index (χ4v) is 1.35. The van der Waals surface area contributed by atoms with Gasteiger partial charge in [0.25, 0.3) is 0 Å². The van der Waals surface area contributed by atoms with Gasteiger partial charge in [-0.25, -0.2) is 9.97 Å². The van der Waals surface area contributed by atoms with E-state index in [0.29, 0.717) is 5.69 Å². The number of pyridine rings is 1. The maximum atomic E-state index is 4.26. The third-order valence-electron chi connectivity index (χ3n) is 2.22. The summed E-state index contributed by atoms with van der Waals surface area (Å²) >= 11 is 0. The summed E-state index contributed by atoms with van der Waals surface area (Å²) in [4.78, 5) is 12.6. The minimum absolute atomic E-state index is 0.650. The lowest BCUT2D eigenvalue weighted by Gasteiger charge is -1.97. The van der Waals surface area contributed by atoms with E-state index in [2.05, 4.69) is 32.9 Å². The first kappa shape index (κ1) is 11.3. The standard InChI is InChI=1S/C14H12N3/c1-10-6-11(2)14(17-7-10)5-4-13-9-15-12(3)8-16-13/h7-9H,1-3H3. The minimum Gasteiger partial charge on any atom is -0.257 e. The first-order valence-corrected chi connectivity index (χ1v) is 5.31. The van der Waals surface area contributed by atoms with Gasteiger partial charge in [-0.2, -0.15) is 0 Å². The highest BCUT2D eigenvalue weighted by Crippen LogP contribution is 2.04. The number of hydrogen-bond acceptors (Lipinski definition) is 3. The van der Waals surface area contributed by atoms with Crippen molar-refractivity contribution in [2.45, 2.75) is 20.8 Å². The molecule has 0 aliphatic carbocycles. The van der Waals surface area contributed by atoms with E-state index >= 15 is 0 Å². The Kier molecular flexibility index (Phi) is 3.15. The topological polar surface area (TPSA) is 38.7 Å². The lowest BCUT2D eigenvalue weighted by molar-refractivity contribution is 1.10. The summed E-state index contributed by atoms with van der Waals surface area (Å²) in [6.45, 7) is 5.80. The lowest BCUT2D eigenvalue weighted by atomic mass is 10.1. The third kappa shape index (κ3) is 2.88. The van der Waals surface area contributed by atoms with Crippen LogP contribution in [0.3, 0.4) is 0 Å². The lowest BCUT2D eigenvalue weighted by Crippen LogP contribution is -1.91. The Morgan fingerprint density at radius 2 is 1.76 bits per heavy atom. The SMILES string of the molecule is Cc1[c]c(C)c(C#Cc2cnc(C)cn2)nc1. The summed E-state index contributed by atoms with van der Waals surface area (Å²) in [5.41, 5.74) is 4.24. The number of hydrogen-bond donors (Lipinski definition) is 0. The van der Waals surface area contributed by atoms with Crippen molar-refractivity contribution in [1.82, 2.24) is 15.0 Å². The van der Waals surface area contributed by atoms with Crippen LogP contribution >= 0.6 is 0 Å². The Morgan fingerprint density at radius 3 is 2.41 bits per heavy atom. The van der Waals surface area contributed by atoms with Crippen LogP contribution in [-0.2, 0) is 0 Å². The van der Waals surface area contributed by atoms with Crippen LogP contribution in [0.5, 0.6) is 0 Å². The highest BCUT2D eigenvalue weighted by molar-refractivity contribution is 5.39. The number of aromatic nitrogens is 3. The van der Waals surface area contributed by atoms with E-state index in [-0.39, 0.29) is 0 Å². The molecule has 17 heavy (non-hydrogen) atoms. The van der Waals surface area contributed by atoms with Crippen LogP contribution in [0.15, 0.2) is 18.6 Å². The monoisotopic (exact) mass is 222 g/mol. The molecule has 0 spiro atoms. The van der Waals surface area contributed by atoms with Crippen LogP contribution < -0.4 is 0 Å². The van der Waals surface area contributed by atoms with Gasteiger partial charge >= 0.3 is 0 Å². The second-order valence-electron chi connectivity index (χ2n) is 3.83. The smallest absolute Gasteiger partial charge is 0.131 e. The summed E-state index contributed by atoms with van der Waals surface area (Å²) in [7, 11) is 0. The Balaban J connectivity index is 2.29. The molecule has 0 aliphatic heterocycles. The Bertz CT molecular complexity index is 589. The minimum atomic E-state index is 0.650. The fraction of sp³-hybridized carbons (Fsp3) is 0.214. The molecule has 3 heteroatoms. The Hall–Kier alpha value is -2.21.